The van der Waals surface area contributed by atoms with Crippen molar-refractivity contribution in [3.05, 3.63) is 71.8 Å². The molecule has 0 aliphatic carbocycles. The molecule has 11 heteroatoms. The number of carbonyl (C=O) groups excluding carboxylic acids is 2. The minimum atomic E-state index is -4.02. The third kappa shape index (κ3) is 14.2. The van der Waals surface area contributed by atoms with Gasteiger partial charge in [0.1, 0.15) is 0 Å². The molecule has 2 rings (SSSR count). The summed E-state index contributed by atoms with van der Waals surface area (Å²) in [5.41, 5.74) is 9.65. The molecule has 0 unspecified atom stereocenters. The summed E-state index contributed by atoms with van der Waals surface area (Å²) < 4.78 is 41.4. The highest BCUT2D eigenvalue weighted by atomic mass is 31.2. The zero-order valence-electron chi connectivity index (χ0n) is 19.5. The fourth-order valence-corrected chi connectivity index (χ4v) is 3.53. The van der Waals surface area contributed by atoms with Crippen molar-refractivity contribution >= 4 is 20.1 Å². The van der Waals surface area contributed by atoms with Gasteiger partial charge in [-0.3, -0.25) is 9.05 Å². The summed E-state index contributed by atoms with van der Waals surface area (Å²) in [5, 5.41) is 0. The minimum Gasteiger partial charge on any atom is -0.434 e. The SMILES string of the molecule is [NH]P(=O)(OCCCOC(=O)OCCc1ccccc1)OCCCOC(=O)OCCc1ccccc1. The van der Waals surface area contributed by atoms with Gasteiger partial charge in [0.25, 0.3) is 0 Å². The molecule has 0 spiro atoms. The maximum Gasteiger partial charge on any atom is 0.508 e. The first-order valence-electron chi connectivity index (χ1n) is 11.3. The summed E-state index contributed by atoms with van der Waals surface area (Å²) >= 11 is 0. The van der Waals surface area contributed by atoms with Crippen LogP contribution >= 0.6 is 7.75 Å². The molecule has 1 radical (unpaired) electrons. The Bertz CT molecular complexity index is 840. The smallest absolute Gasteiger partial charge is 0.434 e. The van der Waals surface area contributed by atoms with E-state index in [0.717, 1.165) is 11.1 Å². The highest BCUT2D eigenvalue weighted by Gasteiger charge is 2.19. The molecule has 1 N–H and O–H groups in total. The van der Waals surface area contributed by atoms with Crippen molar-refractivity contribution in [3.63, 3.8) is 0 Å². The summed E-state index contributed by atoms with van der Waals surface area (Å²) in [6, 6.07) is 19.2. The molecule has 0 bridgehead atoms. The van der Waals surface area contributed by atoms with Gasteiger partial charge in [-0.15, -0.1) is 5.50 Å². The highest BCUT2D eigenvalue weighted by molar-refractivity contribution is 7.50. The molecule has 0 aliphatic rings. The maximum absolute atomic E-state index is 11.9. The number of nitrogens with one attached hydrogen (secondary N) is 1. The Labute approximate surface area is 205 Å². The Kier molecular flexibility index (Phi) is 13.5. The Hall–Kier alpha value is -2.91. The summed E-state index contributed by atoms with van der Waals surface area (Å²) in [5.74, 6) is 0. The molecule has 10 nitrogen and oxygen atoms in total. The second-order valence-electron chi connectivity index (χ2n) is 7.24. The average Bonchev–Trinajstić information content (AvgIpc) is 2.85. The lowest BCUT2D eigenvalue weighted by atomic mass is 10.2. The predicted octanol–water partition coefficient (Wildman–Crippen LogP) is 4.98. The monoisotopic (exact) mass is 508 g/mol. The normalized spacial score (nSPS) is 11.0. The van der Waals surface area contributed by atoms with Gasteiger partial charge in [0.15, 0.2) is 0 Å². The van der Waals surface area contributed by atoms with Gasteiger partial charge in [0.05, 0.1) is 39.6 Å². The van der Waals surface area contributed by atoms with Crippen LogP contribution in [0.1, 0.15) is 24.0 Å². The van der Waals surface area contributed by atoms with Gasteiger partial charge in [-0.25, -0.2) is 14.2 Å². The molecule has 0 aliphatic heterocycles. The quantitative estimate of drug-likeness (QED) is 0.175. The molecule has 0 saturated carbocycles. The van der Waals surface area contributed by atoms with Crippen molar-refractivity contribution in [2.75, 3.05) is 39.6 Å². The topological polar surface area (TPSA) is 130 Å². The summed E-state index contributed by atoms with van der Waals surface area (Å²) in [7, 11) is -4.02. The van der Waals surface area contributed by atoms with E-state index in [4.69, 9.17) is 33.5 Å². The average molecular weight is 508 g/mol. The van der Waals surface area contributed by atoms with Crippen LogP contribution in [-0.2, 0) is 45.4 Å². The molecule has 2 aromatic rings. The molecule has 0 fully saturated rings. The fraction of sp³-hybridized carbons (Fsp3) is 0.417. The van der Waals surface area contributed by atoms with Crippen molar-refractivity contribution in [1.29, 1.82) is 0 Å². The molecule has 35 heavy (non-hydrogen) atoms. The zero-order valence-corrected chi connectivity index (χ0v) is 20.4. The van der Waals surface area contributed by atoms with Crippen molar-refractivity contribution in [3.8, 4) is 0 Å². The van der Waals surface area contributed by atoms with E-state index >= 15 is 0 Å². The van der Waals surface area contributed by atoms with Crippen molar-refractivity contribution in [2.24, 2.45) is 0 Å². The van der Waals surface area contributed by atoms with E-state index in [-0.39, 0.29) is 52.5 Å². The van der Waals surface area contributed by atoms with Crippen molar-refractivity contribution in [1.82, 2.24) is 5.50 Å². The molecule has 0 saturated heterocycles. The van der Waals surface area contributed by atoms with Crippen LogP contribution in [0.15, 0.2) is 60.7 Å². The number of rotatable bonds is 16. The van der Waals surface area contributed by atoms with E-state index in [0.29, 0.717) is 12.8 Å². The van der Waals surface area contributed by atoms with E-state index < -0.39 is 20.1 Å². The number of ether oxygens (including phenoxy) is 4. The van der Waals surface area contributed by atoms with E-state index in [1.807, 2.05) is 60.7 Å². The Balaban J connectivity index is 1.41. The largest absolute Gasteiger partial charge is 0.508 e. The lowest BCUT2D eigenvalue weighted by Crippen LogP contribution is -2.12. The van der Waals surface area contributed by atoms with E-state index in [1.165, 1.54) is 0 Å². The van der Waals surface area contributed by atoms with E-state index in [2.05, 4.69) is 0 Å². The summed E-state index contributed by atoms with van der Waals surface area (Å²) in [6.45, 7) is 0.188. The van der Waals surface area contributed by atoms with Crippen molar-refractivity contribution in [2.45, 2.75) is 25.7 Å². The van der Waals surface area contributed by atoms with Crippen LogP contribution in [0.3, 0.4) is 0 Å². The first kappa shape index (κ1) is 28.3. The summed E-state index contributed by atoms with van der Waals surface area (Å²) in [6.07, 6.45) is 0.00269. The van der Waals surface area contributed by atoms with E-state index in [1.54, 1.807) is 0 Å². The van der Waals surface area contributed by atoms with Crippen LogP contribution in [0.2, 0.25) is 0 Å². The number of carbonyl (C=O) groups is 2. The van der Waals surface area contributed by atoms with Gasteiger partial charge >= 0.3 is 20.1 Å². The number of hydrogen-bond acceptors (Lipinski definition) is 9. The van der Waals surface area contributed by atoms with Crippen LogP contribution in [0, 0.1) is 0 Å². The van der Waals surface area contributed by atoms with Crippen LogP contribution in [0.5, 0.6) is 0 Å². The van der Waals surface area contributed by atoms with Crippen molar-refractivity contribution < 1.29 is 42.1 Å². The Morgan fingerprint density at radius 3 is 1.37 bits per heavy atom. The second-order valence-corrected chi connectivity index (χ2v) is 8.75. The molecule has 191 valence electrons. The highest BCUT2D eigenvalue weighted by Crippen LogP contribution is 2.41. The molecule has 0 heterocycles. The van der Waals surface area contributed by atoms with Gasteiger partial charge in [-0.05, 0) is 11.1 Å². The van der Waals surface area contributed by atoms with Gasteiger partial charge < -0.3 is 18.9 Å². The van der Waals surface area contributed by atoms with Gasteiger partial charge in [-0.2, -0.15) is 0 Å². The van der Waals surface area contributed by atoms with Gasteiger partial charge in [0, 0.05) is 25.7 Å². The molecular formula is C24H31NO9P. The number of benzene rings is 2. The fourth-order valence-electron chi connectivity index (χ4n) is 2.71. The lowest BCUT2D eigenvalue weighted by molar-refractivity contribution is 0.0514. The third-order valence-electron chi connectivity index (χ3n) is 4.45. The van der Waals surface area contributed by atoms with Crippen LogP contribution < -0.4 is 5.50 Å². The predicted molar refractivity (Wildman–Crippen MR) is 127 cm³/mol. The zero-order chi connectivity index (χ0) is 25.2. The van der Waals surface area contributed by atoms with Gasteiger partial charge in [0.2, 0.25) is 0 Å². The molecule has 0 aromatic heterocycles. The van der Waals surface area contributed by atoms with Crippen LogP contribution in [-0.4, -0.2) is 52.0 Å². The van der Waals surface area contributed by atoms with Gasteiger partial charge in [-0.1, -0.05) is 60.7 Å². The van der Waals surface area contributed by atoms with E-state index in [9.17, 15) is 14.2 Å². The first-order chi connectivity index (χ1) is 16.9. The van der Waals surface area contributed by atoms with Crippen LogP contribution in [0.25, 0.3) is 0 Å². The summed E-state index contributed by atoms with van der Waals surface area (Å²) in [4.78, 5) is 23.0. The number of hydrogen-bond donors (Lipinski definition) is 0. The second kappa shape index (κ2) is 16.7. The minimum absolute atomic E-state index is 0.00953. The molecule has 0 amide bonds. The third-order valence-corrected chi connectivity index (χ3v) is 5.49. The Morgan fingerprint density at radius 1 is 0.600 bits per heavy atom. The first-order valence-corrected chi connectivity index (χ1v) is 12.8. The molecule has 0 atom stereocenters. The molecule has 2 aromatic carbocycles. The maximum atomic E-state index is 11.9. The van der Waals surface area contributed by atoms with Crippen LogP contribution in [0.4, 0.5) is 9.59 Å². The Morgan fingerprint density at radius 2 is 0.971 bits per heavy atom. The standard InChI is InChI=1S/C24H31NO9P/c25-35(28,33-17-7-15-29-23(26)31-19-13-21-9-3-1-4-10-21)34-18-8-16-30-24(27)32-20-14-22-11-5-2-6-12-22/h1-6,9-12,25H,7-8,13-20H2. The molecular weight excluding hydrogens is 477 g/mol. The lowest BCUT2D eigenvalue weighted by Gasteiger charge is -2.13.